The molecule has 1 N–H and O–H groups in total. The summed E-state index contributed by atoms with van der Waals surface area (Å²) in [5.41, 5.74) is 3.61. The molecule has 0 aromatic heterocycles. The molecule has 2 fully saturated rings. The van der Waals surface area contributed by atoms with Crippen LogP contribution < -0.4 is 5.32 Å². The van der Waals surface area contributed by atoms with Crippen LogP contribution in [0.1, 0.15) is 21.8 Å². The standard InChI is InChI=1S/C26H26FN3O3S/c1-29(2)26(31)20-7-5-6-19(14-20)17-10-12-18(13-11-17)25-22-15-28-16-23(25)30(22)34(32,33)24-9-4-3-8-21(24)27/h3-14,22-23,25,28H,15-16H2,1-2H3/t22-,23+,25?. The molecule has 3 aromatic rings. The number of hydrogen-bond donors (Lipinski definition) is 1. The highest BCUT2D eigenvalue weighted by atomic mass is 32.2. The van der Waals surface area contributed by atoms with Crippen LogP contribution in [0.4, 0.5) is 4.39 Å². The van der Waals surface area contributed by atoms with Crippen molar-refractivity contribution in [1.82, 2.24) is 14.5 Å². The summed E-state index contributed by atoms with van der Waals surface area (Å²) in [4.78, 5) is 13.6. The van der Waals surface area contributed by atoms with Crippen molar-refractivity contribution in [2.75, 3.05) is 27.2 Å². The second-order valence-corrected chi connectivity index (χ2v) is 10.8. The zero-order valence-electron chi connectivity index (χ0n) is 19.0. The zero-order chi connectivity index (χ0) is 24.0. The number of carbonyl (C=O) groups excluding carboxylic acids is 1. The number of nitrogens with zero attached hydrogens (tertiary/aromatic N) is 2. The first-order valence-electron chi connectivity index (χ1n) is 11.2. The molecule has 0 aliphatic carbocycles. The summed E-state index contributed by atoms with van der Waals surface area (Å²) in [7, 11) is -0.470. The summed E-state index contributed by atoms with van der Waals surface area (Å²) in [5, 5.41) is 3.28. The number of benzene rings is 3. The van der Waals surface area contributed by atoms with E-state index in [9.17, 15) is 17.6 Å². The minimum atomic E-state index is -3.92. The lowest BCUT2D eigenvalue weighted by Crippen LogP contribution is -2.73. The fourth-order valence-electron chi connectivity index (χ4n) is 5.09. The molecule has 0 saturated carbocycles. The van der Waals surface area contributed by atoms with Gasteiger partial charge in [0.1, 0.15) is 10.7 Å². The van der Waals surface area contributed by atoms with Gasteiger partial charge in [0.15, 0.2) is 0 Å². The van der Waals surface area contributed by atoms with Crippen LogP contribution in [0.5, 0.6) is 0 Å². The number of hydrogen-bond acceptors (Lipinski definition) is 4. The van der Waals surface area contributed by atoms with Crippen molar-refractivity contribution in [3.63, 3.8) is 0 Å². The van der Waals surface area contributed by atoms with Crippen LogP contribution >= 0.6 is 0 Å². The van der Waals surface area contributed by atoms with Gasteiger partial charge in [-0.1, -0.05) is 48.5 Å². The Hall–Kier alpha value is -3.07. The monoisotopic (exact) mass is 479 g/mol. The van der Waals surface area contributed by atoms with Crippen molar-refractivity contribution in [3.8, 4) is 11.1 Å². The Morgan fingerprint density at radius 1 is 0.941 bits per heavy atom. The lowest BCUT2D eigenvalue weighted by molar-refractivity contribution is 0.0368. The first kappa shape index (κ1) is 22.7. The van der Waals surface area contributed by atoms with Crippen molar-refractivity contribution >= 4 is 15.9 Å². The van der Waals surface area contributed by atoms with Gasteiger partial charge in [-0.15, -0.1) is 0 Å². The van der Waals surface area contributed by atoms with Crippen LogP contribution in [0, 0.1) is 5.82 Å². The SMILES string of the molecule is CN(C)C(=O)c1cccc(-c2ccc(C3[C@H]4CNC[C@@H]3N4S(=O)(=O)c3ccccc3F)cc2)c1. The summed E-state index contributed by atoms with van der Waals surface area (Å²) < 4.78 is 42.2. The lowest BCUT2D eigenvalue weighted by atomic mass is 9.74. The van der Waals surface area contributed by atoms with E-state index in [1.807, 2.05) is 42.5 Å². The van der Waals surface area contributed by atoms with Crippen LogP contribution in [0.3, 0.4) is 0 Å². The Kier molecular flexibility index (Phi) is 5.75. The van der Waals surface area contributed by atoms with Gasteiger partial charge in [0.2, 0.25) is 10.0 Å². The summed E-state index contributed by atoms with van der Waals surface area (Å²) in [6, 6.07) is 20.6. The van der Waals surface area contributed by atoms with E-state index >= 15 is 0 Å². The maximum absolute atomic E-state index is 14.3. The Bertz CT molecular complexity index is 1330. The van der Waals surface area contributed by atoms with Crippen molar-refractivity contribution in [3.05, 3.63) is 89.7 Å². The Balaban J connectivity index is 1.40. The zero-order valence-corrected chi connectivity index (χ0v) is 19.8. The molecular weight excluding hydrogens is 453 g/mol. The van der Waals surface area contributed by atoms with Crippen LogP contribution in [-0.4, -0.2) is 62.8 Å². The number of piperazine rings is 1. The Morgan fingerprint density at radius 3 is 2.26 bits per heavy atom. The lowest BCUT2D eigenvalue weighted by Gasteiger charge is -2.57. The molecule has 8 heteroatoms. The molecule has 2 aliphatic heterocycles. The van der Waals surface area contributed by atoms with Crippen molar-refractivity contribution < 1.29 is 17.6 Å². The summed E-state index contributed by atoms with van der Waals surface area (Å²) in [6.07, 6.45) is 0. The number of piperidine rings is 1. The average Bonchev–Trinajstić information content (AvgIpc) is 2.84. The van der Waals surface area contributed by atoms with E-state index in [1.165, 1.54) is 22.5 Å². The topological polar surface area (TPSA) is 69.7 Å². The van der Waals surface area contributed by atoms with Gasteiger partial charge in [0.05, 0.1) is 0 Å². The van der Waals surface area contributed by atoms with Gasteiger partial charge in [0.25, 0.3) is 5.91 Å². The van der Waals surface area contributed by atoms with E-state index < -0.39 is 15.8 Å². The highest BCUT2D eigenvalue weighted by Crippen LogP contribution is 2.46. The fraction of sp³-hybridized carbons (Fsp3) is 0.269. The minimum absolute atomic E-state index is 0.0403. The van der Waals surface area contributed by atoms with Crippen molar-refractivity contribution in [2.45, 2.75) is 22.9 Å². The number of amides is 1. The van der Waals surface area contributed by atoms with Crippen LogP contribution in [0.15, 0.2) is 77.7 Å². The van der Waals surface area contributed by atoms with E-state index in [-0.39, 0.29) is 28.8 Å². The fourth-order valence-corrected chi connectivity index (χ4v) is 7.00. The van der Waals surface area contributed by atoms with Crippen molar-refractivity contribution in [1.29, 1.82) is 0 Å². The van der Waals surface area contributed by atoms with E-state index in [0.717, 1.165) is 16.7 Å². The molecule has 2 heterocycles. The molecule has 1 amide bonds. The predicted octanol–water partition coefficient (Wildman–Crippen LogP) is 3.32. The van der Waals surface area contributed by atoms with Gasteiger partial charge in [0, 0.05) is 50.7 Å². The number of fused-ring (bicyclic) bond motifs is 2. The second kappa shape index (κ2) is 8.61. The van der Waals surface area contributed by atoms with Crippen molar-refractivity contribution in [2.24, 2.45) is 0 Å². The molecule has 3 atom stereocenters. The smallest absolute Gasteiger partial charge is 0.253 e. The molecule has 2 saturated heterocycles. The maximum Gasteiger partial charge on any atom is 0.253 e. The molecule has 1 unspecified atom stereocenters. The predicted molar refractivity (Wildman–Crippen MR) is 129 cm³/mol. The van der Waals surface area contributed by atoms with Gasteiger partial charge in [-0.25, -0.2) is 12.8 Å². The normalized spacial score (nSPS) is 22.1. The van der Waals surface area contributed by atoms with Crippen LogP contribution in [0.25, 0.3) is 11.1 Å². The third-order valence-electron chi connectivity index (χ3n) is 6.73. The molecule has 2 aliphatic rings. The quantitative estimate of drug-likeness (QED) is 0.610. The number of rotatable bonds is 5. The molecule has 0 radical (unpaired) electrons. The number of nitrogens with one attached hydrogen (secondary N) is 1. The Morgan fingerprint density at radius 2 is 1.62 bits per heavy atom. The summed E-state index contributed by atoms with van der Waals surface area (Å²) in [6.45, 7) is 1.04. The molecule has 34 heavy (non-hydrogen) atoms. The highest BCUT2D eigenvalue weighted by molar-refractivity contribution is 7.89. The highest BCUT2D eigenvalue weighted by Gasteiger charge is 2.57. The molecule has 6 nitrogen and oxygen atoms in total. The van der Waals surface area contributed by atoms with Gasteiger partial charge in [-0.3, -0.25) is 4.79 Å². The maximum atomic E-state index is 14.3. The van der Waals surface area contributed by atoms with Gasteiger partial charge in [-0.2, -0.15) is 4.31 Å². The van der Waals surface area contributed by atoms with E-state index in [2.05, 4.69) is 5.32 Å². The number of sulfonamides is 1. The molecule has 2 bridgehead atoms. The minimum Gasteiger partial charge on any atom is -0.345 e. The molecule has 176 valence electrons. The van der Waals surface area contributed by atoms with E-state index in [4.69, 9.17) is 0 Å². The Labute approximate surface area is 199 Å². The molecule has 0 spiro atoms. The number of carbonyl (C=O) groups is 1. The van der Waals surface area contributed by atoms with Crippen LogP contribution in [0.2, 0.25) is 0 Å². The first-order chi connectivity index (χ1) is 16.3. The van der Waals surface area contributed by atoms with Crippen LogP contribution in [-0.2, 0) is 10.0 Å². The average molecular weight is 480 g/mol. The van der Waals surface area contributed by atoms with E-state index in [0.29, 0.717) is 18.7 Å². The number of halogens is 1. The molecule has 3 aromatic carbocycles. The largest absolute Gasteiger partial charge is 0.345 e. The van der Waals surface area contributed by atoms with E-state index in [1.54, 1.807) is 31.1 Å². The van der Waals surface area contributed by atoms with Gasteiger partial charge < -0.3 is 10.2 Å². The third kappa shape index (κ3) is 3.72. The summed E-state index contributed by atoms with van der Waals surface area (Å²) in [5.74, 6) is -0.737. The molecule has 5 rings (SSSR count). The van der Waals surface area contributed by atoms with Gasteiger partial charge in [-0.05, 0) is 41.0 Å². The first-order valence-corrected chi connectivity index (χ1v) is 12.6. The third-order valence-corrected chi connectivity index (χ3v) is 8.71. The molecular formula is C26H26FN3O3S. The summed E-state index contributed by atoms with van der Waals surface area (Å²) >= 11 is 0. The second-order valence-electron chi connectivity index (χ2n) is 8.99. The van der Waals surface area contributed by atoms with Gasteiger partial charge >= 0.3 is 0 Å².